The first-order valence-corrected chi connectivity index (χ1v) is 7.68. The Hall–Kier alpha value is -3.08. The van der Waals surface area contributed by atoms with Gasteiger partial charge in [0.25, 0.3) is 0 Å². The number of carbonyl (C=O) groups is 1. The fourth-order valence-electron chi connectivity index (χ4n) is 2.41. The minimum Gasteiger partial charge on any atom is -0.494 e. The second kappa shape index (κ2) is 7.00. The Kier molecular flexibility index (Phi) is 4.61. The lowest BCUT2D eigenvalue weighted by atomic mass is 10.1. The van der Waals surface area contributed by atoms with Gasteiger partial charge in [-0.3, -0.25) is 5.10 Å². The minimum absolute atomic E-state index is 0.346. The van der Waals surface area contributed by atoms with Crippen LogP contribution in [0.15, 0.2) is 54.6 Å². The molecule has 5 heteroatoms. The van der Waals surface area contributed by atoms with Gasteiger partial charge in [0.1, 0.15) is 5.75 Å². The number of methoxy groups -OCH3 is 1. The van der Waals surface area contributed by atoms with E-state index in [4.69, 9.17) is 9.47 Å². The molecule has 0 amide bonds. The van der Waals surface area contributed by atoms with E-state index in [0.29, 0.717) is 12.2 Å². The zero-order valence-corrected chi connectivity index (χ0v) is 13.6. The smallest absolute Gasteiger partial charge is 0.337 e. The van der Waals surface area contributed by atoms with Crippen LogP contribution in [0.25, 0.3) is 22.5 Å². The summed E-state index contributed by atoms with van der Waals surface area (Å²) in [6.45, 7) is 2.60. The number of hydrogen-bond acceptors (Lipinski definition) is 4. The summed E-state index contributed by atoms with van der Waals surface area (Å²) in [6, 6.07) is 17.0. The number of nitrogens with one attached hydrogen (secondary N) is 1. The average molecular weight is 322 g/mol. The van der Waals surface area contributed by atoms with Crippen LogP contribution in [0.1, 0.15) is 17.3 Å². The molecular weight excluding hydrogens is 304 g/mol. The Morgan fingerprint density at radius 1 is 1.04 bits per heavy atom. The Morgan fingerprint density at radius 2 is 1.71 bits per heavy atom. The number of aromatic amines is 1. The minimum atomic E-state index is -0.346. The average Bonchev–Trinajstić information content (AvgIpc) is 3.12. The van der Waals surface area contributed by atoms with Crippen molar-refractivity contribution in [2.45, 2.75) is 6.92 Å². The van der Waals surface area contributed by atoms with E-state index in [1.807, 2.05) is 49.4 Å². The van der Waals surface area contributed by atoms with E-state index >= 15 is 0 Å². The third-order valence-electron chi connectivity index (χ3n) is 3.66. The van der Waals surface area contributed by atoms with Gasteiger partial charge in [-0.1, -0.05) is 12.1 Å². The van der Waals surface area contributed by atoms with Crippen LogP contribution in [0.5, 0.6) is 5.75 Å². The molecule has 3 aromatic rings. The van der Waals surface area contributed by atoms with Gasteiger partial charge in [-0.05, 0) is 55.0 Å². The van der Waals surface area contributed by atoms with Gasteiger partial charge in [0.2, 0.25) is 0 Å². The van der Waals surface area contributed by atoms with Gasteiger partial charge in [0, 0.05) is 5.56 Å². The van der Waals surface area contributed by atoms with Crippen LogP contribution in [0.4, 0.5) is 0 Å². The molecule has 0 aliphatic rings. The topological polar surface area (TPSA) is 64.2 Å². The maximum absolute atomic E-state index is 11.5. The van der Waals surface area contributed by atoms with Crippen molar-refractivity contribution >= 4 is 5.97 Å². The molecular formula is C19H18N2O3. The molecule has 24 heavy (non-hydrogen) atoms. The number of hydrogen-bond donors (Lipinski definition) is 1. The molecule has 0 radical (unpaired) electrons. The summed E-state index contributed by atoms with van der Waals surface area (Å²) >= 11 is 0. The van der Waals surface area contributed by atoms with Crippen LogP contribution in [-0.4, -0.2) is 29.9 Å². The van der Waals surface area contributed by atoms with E-state index in [9.17, 15) is 4.79 Å². The maximum atomic E-state index is 11.5. The summed E-state index contributed by atoms with van der Waals surface area (Å²) in [5.41, 5.74) is 4.22. The lowest BCUT2D eigenvalue weighted by Crippen LogP contribution is -2.00. The Balaban J connectivity index is 1.81. The number of nitrogens with zero attached hydrogens (tertiary/aromatic N) is 1. The molecule has 0 atom stereocenters. The molecule has 5 nitrogen and oxygen atoms in total. The lowest BCUT2D eigenvalue weighted by molar-refractivity contribution is 0.0601. The molecule has 0 bridgehead atoms. The number of benzene rings is 2. The molecule has 0 saturated carbocycles. The van der Waals surface area contributed by atoms with Crippen LogP contribution in [0.3, 0.4) is 0 Å². The van der Waals surface area contributed by atoms with Crippen LogP contribution in [0, 0.1) is 0 Å². The highest BCUT2D eigenvalue weighted by atomic mass is 16.5. The number of carbonyl (C=O) groups excluding carboxylic acids is 1. The summed E-state index contributed by atoms with van der Waals surface area (Å²) in [5.74, 6) is 0.497. The zero-order chi connectivity index (χ0) is 16.9. The Bertz CT molecular complexity index is 821. The summed E-state index contributed by atoms with van der Waals surface area (Å²) in [5, 5.41) is 7.38. The third kappa shape index (κ3) is 3.30. The fraction of sp³-hybridized carbons (Fsp3) is 0.158. The molecule has 0 saturated heterocycles. The Morgan fingerprint density at radius 3 is 2.33 bits per heavy atom. The molecule has 1 heterocycles. The van der Waals surface area contributed by atoms with Gasteiger partial charge >= 0.3 is 5.97 Å². The van der Waals surface area contributed by atoms with E-state index in [0.717, 1.165) is 28.3 Å². The SMILES string of the molecule is CCOc1ccc(-c2cc(-c3ccc(C(=O)OC)cc3)[nH]n2)cc1. The third-order valence-corrected chi connectivity index (χ3v) is 3.66. The normalized spacial score (nSPS) is 10.4. The number of H-pyrrole nitrogens is 1. The quantitative estimate of drug-likeness (QED) is 0.723. The zero-order valence-electron chi connectivity index (χ0n) is 13.6. The van der Waals surface area contributed by atoms with Crippen LogP contribution < -0.4 is 4.74 Å². The number of esters is 1. The van der Waals surface area contributed by atoms with Crippen LogP contribution in [-0.2, 0) is 4.74 Å². The van der Waals surface area contributed by atoms with E-state index in [-0.39, 0.29) is 5.97 Å². The van der Waals surface area contributed by atoms with Crippen LogP contribution >= 0.6 is 0 Å². The first-order valence-electron chi connectivity index (χ1n) is 7.68. The van der Waals surface area contributed by atoms with Gasteiger partial charge in [0.15, 0.2) is 0 Å². The van der Waals surface area contributed by atoms with Gasteiger partial charge in [-0.25, -0.2) is 4.79 Å². The molecule has 122 valence electrons. The monoisotopic (exact) mass is 322 g/mol. The van der Waals surface area contributed by atoms with Crippen molar-refractivity contribution in [3.05, 3.63) is 60.2 Å². The van der Waals surface area contributed by atoms with E-state index < -0.39 is 0 Å². The molecule has 0 aliphatic heterocycles. The highest BCUT2D eigenvalue weighted by molar-refractivity contribution is 5.89. The van der Waals surface area contributed by atoms with Crippen molar-refractivity contribution in [2.75, 3.05) is 13.7 Å². The molecule has 0 unspecified atom stereocenters. The first-order chi connectivity index (χ1) is 11.7. The number of ether oxygens (including phenoxy) is 2. The summed E-state index contributed by atoms with van der Waals surface area (Å²) in [6.07, 6.45) is 0. The second-order valence-corrected chi connectivity index (χ2v) is 5.19. The van der Waals surface area contributed by atoms with Gasteiger partial charge in [-0.15, -0.1) is 0 Å². The molecule has 0 fully saturated rings. The van der Waals surface area contributed by atoms with E-state index in [1.54, 1.807) is 12.1 Å². The van der Waals surface area contributed by atoms with Crippen molar-refractivity contribution < 1.29 is 14.3 Å². The molecule has 0 spiro atoms. The predicted octanol–water partition coefficient (Wildman–Crippen LogP) is 3.93. The van der Waals surface area contributed by atoms with Crippen molar-refractivity contribution in [1.29, 1.82) is 0 Å². The predicted molar refractivity (Wildman–Crippen MR) is 92.0 cm³/mol. The Labute approximate surface area is 140 Å². The van der Waals surface area contributed by atoms with Crippen LogP contribution in [0.2, 0.25) is 0 Å². The van der Waals surface area contributed by atoms with Gasteiger partial charge < -0.3 is 9.47 Å². The largest absolute Gasteiger partial charge is 0.494 e. The highest BCUT2D eigenvalue weighted by Crippen LogP contribution is 2.25. The molecule has 1 N–H and O–H groups in total. The summed E-state index contributed by atoms with van der Waals surface area (Å²) in [4.78, 5) is 11.5. The summed E-state index contributed by atoms with van der Waals surface area (Å²) in [7, 11) is 1.37. The molecule has 0 aliphatic carbocycles. The number of rotatable bonds is 5. The lowest BCUT2D eigenvalue weighted by Gasteiger charge is -2.03. The van der Waals surface area contributed by atoms with Gasteiger partial charge in [-0.2, -0.15) is 5.10 Å². The maximum Gasteiger partial charge on any atom is 0.337 e. The number of aromatic nitrogens is 2. The van der Waals surface area contributed by atoms with Gasteiger partial charge in [0.05, 0.1) is 30.7 Å². The first kappa shape index (κ1) is 15.8. The molecule has 3 rings (SSSR count). The fourth-order valence-corrected chi connectivity index (χ4v) is 2.41. The van der Waals surface area contributed by atoms with Crippen molar-refractivity contribution in [1.82, 2.24) is 10.2 Å². The van der Waals surface area contributed by atoms with E-state index in [2.05, 4.69) is 10.2 Å². The van der Waals surface area contributed by atoms with E-state index in [1.165, 1.54) is 7.11 Å². The standard InChI is InChI=1S/C19H18N2O3/c1-3-24-16-10-8-14(9-11-16)18-12-17(20-21-18)13-4-6-15(7-5-13)19(22)23-2/h4-12H,3H2,1-2H3,(H,20,21). The van der Waals surface area contributed by atoms with Crippen molar-refractivity contribution in [3.63, 3.8) is 0 Å². The second-order valence-electron chi connectivity index (χ2n) is 5.19. The summed E-state index contributed by atoms with van der Waals surface area (Å²) < 4.78 is 10.1. The van der Waals surface area contributed by atoms with Crippen molar-refractivity contribution in [2.24, 2.45) is 0 Å². The highest BCUT2D eigenvalue weighted by Gasteiger charge is 2.08. The van der Waals surface area contributed by atoms with Crippen molar-refractivity contribution in [3.8, 4) is 28.3 Å². The molecule has 2 aromatic carbocycles. The molecule has 1 aromatic heterocycles.